The highest BCUT2D eigenvalue weighted by molar-refractivity contribution is 5.94. The van der Waals surface area contributed by atoms with Crippen LogP contribution in [0.15, 0.2) is 47.1 Å². The number of carbonyl (C=O) groups is 1. The molecule has 0 saturated carbocycles. The first-order valence-corrected chi connectivity index (χ1v) is 12.7. The number of nitrogens with zero attached hydrogens (tertiary/aromatic N) is 2. The molecular weight excluding hydrogens is 464 g/mol. The Morgan fingerprint density at radius 3 is 2.53 bits per heavy atom. The molecule has 1 aliphatic heterocycles. The highest BCUT2D eigenvalue weighted by atomic mass is 19.2. The van der Waals surface area contributed by atoms with Gasteiger partial charge in [0, 0.05) is 49.2 Å². The molecule has 1 aromatic heterocycles. The van der Waals surface area contributed by atoms with E-state index < -0.39 is 11.6 Å². The predicted octanol–water partition coefficient (Wildman–Crippen LogP) is 5.07. The van der Waals surface area contributed by atoms with Crippen LogP contribution in [-0.2, 0) is 4.79 Å². The average Bonchev–Trinajstić information content (AvgIpc) is 3.27. The summed E-state index contributed by atoms with van der Waals surface area (Å²) in [6, 6.07) is 9.62. The molecule has 2 heterocycles. The van der Waals surface area contributed by atoms with Crippen LogP contribution in [0.25, 0.3) is 22.1 Å². The van der Waals surface area contributed by atoms with Crippen LogP contribution < -0.4 is 10.1 Å². The summed E-state index contributed by atoms with van der Waals surface area (Å²) in [6.45, 7) is 10.0. The number of ether oxygens (including phenoxy) is 1. The fraction of sp³-hybridized carbons (Fsp3) is 0.464. The van der Waals surface area contributed by atoms with Crippen molar-refractivity contribution in [1.29, 1.82) is 0 Å². The zero-order valence-electron chi connectivity index (χ0n) is 21.1. The van der Waals surface area contributed by atoms with E-state index in [4.69, 9.17) is 9.15 Å². The second-order valence-electron chi connectivity index (χ2n) is 9.69. The first kappa shape index (κ1) is 26.1. The molecule has 1 fully saturated rings. The third-order valence-corrected chi connectivity index (χ3v) is 6.45. The van der Waals surface area contributed by atoms with E-state index in [2.05, 4.69) is 15.1 Å². The van der Waals surface area contributed by atoms with Crippen molar-refractivity contribution in [3.8, 4) is 16.9 Å². The van der Waals surface area contributed by atoms with Crippen LogP contribution in [0.4, 0.5) is 8.78 Å². The van der Waals surface area contributed by atoms with Crippen molar-refractivity contribution >= 4 is 16.9 Å². The van der Waals surface area contributed by atoms with Gasteiger partial charge in [-0.1, -0.05) is 6.07 Å². The molecule has 1 amide bonds. The monoisotopic (exact) mass is 499 g/mol. The number of amides is 1. The van der Waals surface area contributed by atoms with Gasteiger partial charge in [0.05, 0.1) is 19.4 Å². The van der Waals surface area contributed by atoms with Crippen LogP contribution in [0.3, 0.4) is 0 Å². The molecule has 0 atom stereocenters. The molecule has 36 heavy (non-hydrogen) atoms. The number of furan rings is 1. The van der Waals surface area contributed by atoms with Crippen molar-refractivity contribution in [2.75, 3.05) is 45.9 Å². The van der Waals surface area contributed by atoms with Crippen LogP contribution in [-0.4, -0.2) is 67.6 Å². The van der Waals surface area contributed by atoms with Gasteiger partial charge in [-0.25, -0.2) is 8.78 Å². The molecule has 8 heteroatoms. The number of fused-ring (bicyclic) bond motifs is 1. The van der Waals surface area contributed by atoms with E-state index in [0.29, 0.717) is 24.3 Å². The lowest BCUT2D eigenvalue weighted by atomic mass is 10.0. The second kappa shape index (κ2) is 12.3. The zero-order chi connectivity index (χ0) is 25.5. The van der Waals surface area contributed by atoms with Gasteiger partial charge < -0.3 is 19.4 Å². The second-order valence-corrected chi connectivity index (χ2v) is 9.69. The number of hydrogen-bond acceptors (Lipinski definition) is 5. The number of rotatable bonds is 11. The summed E-state index contributed by atoms with van der Waals surface area (Å²) in [4.78, 5) is 16.6. The predicted molar refractivity (Wildman–Crippen MR) is 137 cm³/mol. The largest absolute Gasteiger partial charge is 0.493 e. The summed E-state index contributed by atoms with van der Waals surface area (Å²) in [5.41, 5.74) is 1.93. The number of hydrogen-bond donors (Lipinski definition) is 1. The van der Waals surface area contributed by atoms with Gasteiger partial charge in [0.25, 0.3) is 0 Å². The minimum absolute atomic E-state index is 0.105. The summed E-state index contributed by atoms with van der Waals surface area (Å²) < 4.78 is 38.4. The lowest BCUT2D eigenvalue weighted by Crippen LogP contribution is -2.50. The Kier molecular flexibility index (Phi) is 8.93. The minimum Gasteiger partial charge on any atom is -0.493 e. The number of unbranched alkanes of at least 4 members (excludes halogenated alkanes) is 2. The van der Waals surface area contributed by atoms with Crippen molar-refractivity contribution in [1.82, 2.24) is 15.1 Å². The summed E-state index contributed by atoms with van der Waals surface area (Å²) in [6.07, 6.45) is 4.72. The molecule has 0 bridgehead atoms. The van der Waals surface area contributed by atoms with E-state index in [9.17, 15) is 13.6 Å². The molecule has 2 aromatic carbocycles. The maximum Gasteiger partial charge on any atom is 0.234 e. The van der Waals surface area contributed by atoms with Crippen molar-refractivity contribution in [3.63, 3.8) is 0 Å². The summed E-state index contributed by atoms with van der Waals surface area (Å²) in [5.74, 6) is -0.914. The fourth-order valence-corrected chi connectivity index (χ4v) is 4.53. The lowest BCUT2D eigenvalue weighted by Gasteiger charge is -2.34. The molecule has 0 radical (unpaired) electrons. The van der Waals surface area contributed by atoms with Crippen molar-refractivity contribution in [3.05, 3.63) is 54.3 Å². The molecule has 1 N–H and O–H groups in total. The summed E-state index contributed by atoms with van der Waals surface area (Å²) in [5, 5.41) is 3.78. The van der Waals surface area contributed by atoms with Gasteiger partial charge in [0.1, 0.15) is 11.3 Å². The maximum atomic E-state index is 13.6. The molecule has 4 rings (SSSR count). The van der Waals surface area contributed by atoms with Crippen molar-refractivity contribution < 1.29 is 22.7 Å². The maximum absolute atomic E-state index is 13.6. The van der Waals surface area contributed by atoms with Crippen LogP contribution in [0, 0.1) is 11.6 Å². The van der Waals surface area contributed by atoms with Crippen LogP contribution in [0.2, 0.25) is 0 Å². The Morgan fingerprint density at radius 2 is 1.78 bits per heavy atom. The topological polar surface area (TPSA) is 58.0 Å². The third-order valence-electron chi connectivity index (χ3n) is 6.45. The van der Waals surface area contributed by atoms with Gasteiger partial charge >= 0.3 is 0 Å². The number of piperazine rings is 1. The summed E-state index contributed by atoms with van der Waals surface area (Å²) >= 11 is 0. The fourth-order valence-electron chi connectivity index (χ4n) is 4.53. The SMILES string of the molecule is CC(C)NC(=O)CN1CCN(CCCCCOc2ccc3c(-c4ccc(F)c(F)c4)coc3c2)CC1. The normalized spacial score (nSPS) is 15.0. The Balaban J connectivity index is 1.14. The van der Waals surface area contributed by atoms with E-state index in [1.807, 2.05) is 32.0 Å². The van der Waals surface area contributed by atoms with Gasteiger partial charge in [-0.15, -0.1) is 0 Å². The standard InChI is InChI=1S/C28H35F2N3O3/c1-20(2)31-28(34)18-33-13-11-32(12-14-33)10-4-3-5-15-35-22-7-8-23-24(19-36-27(23)17-22)21-6-9-25(29)26(30)16-21/h6-9,16-17,19-20H,3-5,10-15,18H2,1-2H3,(H,31,34). The molecule has 3 aromatic rings. The first-order valence-electron chi connectivity index (χ1n) is 12.7. The number of benzene rings is 2. The molecule has 0 unspecified atom stereocenters. The highest BCUT2D eigenvalue weighted by Crippen LogP contribution is 2.33. The number of halogens is 2. The van der Waals surface area contributed by atoms with Gasteiger partial charge in [-0.2, -0.15) is 0 Å². The van der Waals surface area contributed by atoms with Crippen molar-refractivity contribution in [2.45, 2.75) is 39.2 Å². The molecule has 1 aliphatic rings. The van der Waals surface area contributed by atoms with Crippen LogP contribution in [0.5, 0.6) is 5.75 Å². The van der Waals surface area contributed by atoms with Gasteiger partial charge in [0.15, 0.2) is 11.6 Å². The number of nitrogens with one attached hydrogen (secondary N) is 1. The Bertz CT molecular complexity index is 1160. The smallest absolute Gasteiger partial charge is 0.234 e. The van der Waals surface area contributed by atoms with Gasteiger partial charge in [-0.3, -0.25) is 9.69 Å². The molecule has 0 aliphatic carbocycles. The quantitative estimate of drug-likeness (QED) is 0.374. The van der Waals surface area contributed by atoms with Crippen LogP contribution >= 0.6 is 0 Å². The van der Waals surface area contributed by atoms with E-state index in [-0.39, 0.29) is 11.9 Å². The van der Waals surface area contributed by atoms with E-state index in [1.54, 1.807) is 12.3 Å². The Hall–Kier alpha value is -2.97. The van der Waals surface area contributed by atoms with E-state index in [0.717, 1.165) is 74.8 Å². The molecular formula is C28H35F2N3O3. The molecule has 1 saturated heterocycles. The average molecular weight is 500 g/mol. The van der Waals surface area contributed by atoms with Crippen molar-refractivity contribution in [2.24, 2.45) is 0 Å². The summed E-state index contributed by atoms with van der Waals surface area (Å²) in [7, 11) is 0. The number of carbonyl (C=O) groups excluding carboxylic acids is 1. The van der Waals surface area contributed by atoms with E-state index in [1.165, 1.54) is 6.07 Å². The van der Waals surface area contributed by atoms with Gasteiger partial charge in [0.2, 0.25) is 5.91 Å². The third kappa shape index (κ3) is 7.04. The lowest BCUT2D eigenvalue weighted by molar-refractivity contribution is -0.123. The van der Waals surface area contributed by atoms with E-state index >= 15 is 0 Å². The zero-order valence-corrected chi connectivity index (χ0v) is 21.1. The molecule has 194 valence electrons. The molecule has 0 spiro atoms. The highest BCUT2D eigenvalue weighted by Gasteiger charge is 2.18. The van der Waals surface area contributed by atoms with Crippen LogP contribution in [0.1, 0.15) is 33.1 Å². The Labute approximate surface area is 211 Å². The first-order chi connectivity index (χ1) is 17.4. The van der Waals surface area contributed by atoms with Gasteiger partial charge in [-0.05, 0) is 69.5 Å². The minimum atomic E-state index is -0.879. The molecule has 6 nitrogen and oxygen atoms in total. The Morgan fingerprint density at radius 1 is 1.00 bits per heavy atom.